The summed E-state index contributed by atoms with van der Waals surface area (Å²) in [7, 11) is 4.91. The van der Waals surface area contributed by atoms with Gasteiger partial charge in [0, 0.05) is 32.8 Å². The minimum atomic E-state index is -0.519. The van der Waals surface area contributed by atoms with Crippen molar-refractivity contribution >= 4 is 18.1 Å². The molecule has 1 aliphatic rings. The number of hydrogen-bond donors (Lipinski definition) is 0. The molecular formula is C23H34N2O5. The van der Waals surface area contributed by atoms with E-state index in [-0.39, 0.29) is 17.9 Å². The Labute approximate surface area is 179 Å². The molecule has 30 heavy (non-hydrogen) atoms. The number of carbonyl (C=O) groups is 2. The second kappa shape index (κ2) is 10.4. The molecule has 0 N–H and O–H groups in total. The lowest BCUT2D eigenvalue weighted by molar-refractivity contribution is -0.127. The van der Waals surface area contributed by atoms with Gasteiger partial charge in [0.1, 0.15) is 5.60 Å². The number of piperidine rings is 1. The molecule has 1 aromatic carbocycles. The standard InChI is InChI=1S/C23H34N2O5/c1-23(2,3)30-22(27)24(4)15-18-8-7-13-25(16-18)21(26)12-10-17-9-11-19(28-5)20(14-17)29-6/h9-12,14,18H,7-8,13,15-16H2,1-6H3/b12-10+. The Kier molecular flexibility index (Phi) is 8.15. The molecule has 1 saturated heterocycles. The van der Waals surface area contributed by atoms with Crippen LogP contribution in [0.1, 0.15) is 39.2 Å². The maximum absolute atomic E-state index is 12.7. The van der Waals surface area contributed by atoms with Crippen LogP contribution in [0, 0.1) is 5.92 Å². The van der Waals surface area contributed by atoms with Gasteiger partial charge in [0.2, 0.25) is 5.91 Å². The van der Waals surface area contributed by atoms with E-state index in [1.165, 1.54) is 0 Å². The smallest absolute Gasteiger partial charge is 0.410 e. The van der Waals surface area contributed by atoms with Crippen LogP contribution < -0.4 is 9.47 Å². The molecule has 2 rings (SSSR count). The summed E-state index contributed by atoms with van der Waals surface area (Å²) >= 11 is 0. The Morgan fingerprint density at radius 2 is 1.90 bits per heavy atom. The third-order valence-electron chi connectivity index (χ3n) is 4.89. The van der Waals surface area contributed by atoms with Gasteiger partial charge < -0.3 is 24.0 Å². The molecule has 0 saturated carbocycles. The van der Waals surface area contributed by atoms with Gasteiger partial charge >= 0.3 is 6.09 Å². The van der Waals surface area contributed by atoms with E-state index in [1.54, 1.807) is 38.3 Å². The van der Waals surface area contributed by atoms with E-state index in [9.17, 15) is 9.59 Å². The van der Waals surface area contributed by atoms with Gasteiger partial charge in [-0.05, 0) is 63.3 Å². The van der Waals surface area contributed by atoms with Crippen LogP contribution >= 0.6 is 0 Å². The number of benzene rings is 1. The Morgan fingerprint density at radius 1 is 1.20 bits per heavy atom. The average molecular weight is 419 g/mol. The molecule has 1 aromatic rings. The molecule has 1 fully saturated rings. The number of ether oxygens (including phenoxy) is 3. The van der Waals surface area contributed by atoms with Crippen LogP contribution in [0.2, 0.25) is 0 Å². The van der Waals surface area contributed by atoms with Crippen molar-refractivity contribution in [2.75, 3.05) is 40.9 Å². The zero-order valence-electron chi connectivity index (χ0n) is 18.9. The molecule has 0 bridgehead atoms. The van der Waals surface area contributed by atoms with Crippen molar-refractivity contribution in [3.63, 3.8) is 0 Å². The van der Waals surface area contributed by atoms with Crippen molar-refractivity contribution in [3.05, 3.63) is 29.8 Å². The molecule has 2 amide bonds. The van der Waals surface area contributed by atoms with Gasteiger partial charge in [0.25, 0.3) is 0 Å². The molecule has 0 spiro atoms. The fourth-order valence-corrected chi connectivity index (χ4v) is 3.45. The fourth-order valence-electron chi connectivity index (χ4n) is 3.45. The minimum absolute atomic E-state index is 0.0330. The molecule has 1 aliphatic heterocycles. The molecule has 1 heterocycles. The van der Waals surface area contributed by atoms with Crippen LogP contribution in [0.25, 0.3) is 6.08 Å². The van der Waals surface area contributed by atoms with Crippen molar-refractivity contribution in [2.45, 2.75) is 39.2 Å². The van der Waals surface area contributed by atoms with Crippen molar-refractivity contribution in [2.24, 2.45) is 5.92 Å². The number of hydrogen-bond acceptors (Lipinski definition) is 5. The van der Waals surface area contributed by atoms with Crippen molar-refractivity contribution in [1.82, 2.24) is 9.80 Å². The lowest BCUT2D eigenvalue weighted by atomic mass is 9.97. The highest BCUT2D eigenvalue weighted by atomic mass is 16.6. The largest absolute Gasteiger partial charge is 0.493 e. The summed E-state index contributed by atoms with van der Waals surface area (Å²) in [5.41, 5.74) is 0.341. The summed E-state index contributed by atoms with van der Waals surface area (Å²) in [6, 6.07) is 5.52. The number of methoxy groups -OCH3 is 2. The number of carbonyl (C=O) groups excluding carboxylic acids is 2. The lowest BCUT2D eigenvalue weighted by Gasteiger charge is -2.34. The number of rotatable bonds is 6. The highest BCUT2D eigenvalue weighted by Crippen LogP contribution is 2.28. The van der Waals surface area contributed by atoms with E-state index in [2.05, 4.69) is 0 Å². The monoisotopic (exact) mass is 418 g/mol. The predicted molar refractivity (Wildman–Crippen MR) is 117 cm³/mol. The van der Waals surface area contributed by atoms with Crippen LogP contribution in [-0.2, 0) is 9.53 Å². The van der Waals surface area contributed by atoms with Gasteiger partial charge in [-0.2, -0.15) is 0 Å². The van der Waals surface area contributed by atoms with Gasteiger partial charge in [0.15, 0.2) is 11.5 Å². The van der Waals surface area contributed by atoms with Crippen LogP contribution in [0.4, 0.5) is 4.79 Å². The van der Waals surface area contributed by atoms with E-state index >= 15 is 0 Å². The molecule has 1 unspecified atom stereocenters. The van der Waals surface area contributed by atoms with E-state index in [0.29, 0.717) is 24.6 Å². The Balaban J connectivity index is 1.94. The topological polar surface area (TPSA) is 68.3 Å². The highest BCUT2D eigenvalue weighted by Gasteiger charge is 2.26. The van der Waals surface area contributed by atoms with Gasteiger partial charge in [-0.1, -0.05) is 6.07 Å². The van der Waals surface area contributed by atoms with Gasteiger partial charge in [0.05, 0.1) is 14.2 Å². The second-order valence-corrected chi connectivity index (χ2v) is 8.60. The van der Waals surface area contributed by atoms with E-state index in [1.807, 2.05) is 43.9 Å². The molecule has 0 aromatic heterocycles. The maximum Gasteiger partial charge on any atom is 0.410 e. The lowest BCUT2D eigenvalue weighted by Crippen LogP contribution is -2.44. The number of likely N-dealkylation sites (tertiary alicyclic amines) is 1. The first-order chi connectivity index (χ1) is 14.1. The summed E-state index contributed by atoms with van der Waals surface area (Å²) in [5.74, 6) is 1.47. The number of amides is 2. The van der Waals surface area contributed by atoms with Gasteiger partial charge in [-0.25, -0.2) is 4.79 Å². The first-order valence-corrected chi connectivity index (χ1v) is 10.3. The maximum atomic E-state index is 12.7. The van der Waals surface area contributed by atoms with Crippen LogP contribution in [0.15, 0.2) is 24.3 Å². The molecule has 7 heteroatoms. The van der Waals surface area contributed by atoms with Crippen molar-refractivity contribution < 1.29 is 23.8 Å². The SMILES string of the molecule is COc1ccc(/C=C/C(=O)N2CCCC(CN(C)C(=O)OC(C)(C)C)C2)cc1OC. The molecule has 0 radical (unpaired) electrons. The first-order valence-electron chi connectivity index (χ1n) is 10.3. The Hall–Kier alpha value is -2.70. The summed E-state index contributed by atoms with van der Waals surface area (Å²) in [5, 5.41) is 0. The Bertz CT molecular complexity index is 769. The average Bonchev–Trinajstić information content (AvgIpc) is 2.70. The van der Waals surface area contributed by atoms with E-state index in [0.717, 1.165) is 24.9 Å². The fraction of sp³-hybridized carbons (Fsp3) is 0.565. The van der Waals surface area contributed by atoms with Crippen molar-refractivity contribution in [1.29, 1.82) is 0 Å². The third kappa shape index (κ3) is 6.97. The zero-order chi connectivity index (χ0) is 22.3. The molecular weight excluding hydrogens is 384 g/mol. The summed E-state index contributed by atoms with van der Waals surface area (Å²) in [6.45, 7) is 7.47. The Morgan fingerprint density at radius 3 is 2.53 bits per heavy atom. The van der Waals surface area contributed by atoms with Gasteiger partial charge in [-0.3, -0.25) is 4.79 Å². The van der Waals surface area contributed by atoms with Gasteiger partial charge in [-0.15, -0.1) is 0 Å². The normalized spacial score (nSPS) is 17.0. The van der Waals surface area contributed by atoms with Crippen LogP contribution in [-0.4, -0.2) is 68.3 Å². The van der Waals surface area contributed by atoms with Crippen molar-refractivity contribution in [3.8, 4) is 11.5 Å². The first kappa shape index (κ1) is 23.6. The van der Waals surface area contributed by atoms with Crippen LogP contribution in [0.3, 0.4) is 0 Å². The quantitative estimate of drug-likeness (QED) is 0.657. The van der Waals surface area contributed by atoms with E-state index < -0.39 is 5.60 Å². The predicted octanol–water partition coefficient (Wildman–Crippen LogP) is 3.82. The molecule has 7 nitrogen and oxygen atoms in total. The highest BCUT2D eigenvalue weighted by molar-refractivity contribution is 5.92. The summed E-state index contributed by atoms with van der Waals surface area (Å²) in [6.07, 6.45) is 4.93. The second-order valence-electron chi connectivity index (χ2n) is 8.60. The minimum Gasteiger partial charge on any atom is -0.493 e. The molecule has 166 valence electrons. The zero-order valence-corrected chi connectivity index (χ0v) is 18.9. The molecule has 0 aliphatic carbocycles. The number of nitrogens with zero attached hydrogens (tertiary/aromatic N) is 2. The third-order valence-corrected chi connectivity index (χ3v) is 4.89. The summed E-state index contributed by atoms with van der Waals surface area (Å²) in [4.78, 5) is 28.3. The van der Waals surface area contributed by atoms with E-state index in [4.69, 9.17) is 14.2 Å². The summed E-state index contributed by atoms with van der Waals surface area (Å²) < 4.78 is 16.0. The molecule has 1 atom stereocenters. The van der Waals surface area contributed by atoms with Crippen LogP contribution in [0.5, 0.6) is 11.5 Å².